The first-order valence-electron chi connectivity index (χ1n) is 6.61. The van der Waals surface area contributed by atoms with Crippen LogP contribution in [0.3, 0.4) is 0 Å². The van der Waals surface area contributed by atoms with Crippen LogP contribution in [0, 0.1) is 17.6 Å². The summed E-state index contributed by atoms with van der Waals surface area (Å²) in [5.74, 6) is -3.01. The smallest absolute Gasteiger partial charge is 0.305 e. The molecular weight excluding hydrogens is 280 g/mol. The van der Waals surface area contributed by atoms with Crippen LogP contribution >= 0.6 is 0 Å². The van der Waals surface area contributed by atoms with Crippen LogP contribution in [-0.2, 0) is 16.0 Å². The van der Waals surface area contributed by atoms with Gasteiger partial charge in [-0.2, -0.15) is 0 Å². The van der Waals surface area contributed by atoms with Gasteiger partial charge in [-0.3, -0.25) is 9.59 Å². The van der Waals surface area contributed by atoms with Gasteiger partial charge >= 0.3 is 5.97 Å². The zero-order valence-electron chi connectivity index (χ0n) is 12.2. The predicted octanol–water partition coefficient (Wildman–Crippen LogP) is 2.51. The maximum atomic E-state index is 13.5. The van der Waals surface area contributed by atoms with Crippen LogP contribution in [0.2, 0.25) is 0 Å². The van der Waals surface area contributed by atoms with E-state index in [0.29, 0.717) is 0 Å². The number of carboxylic acids is 1. The molecule has 0 aromatic heterocycles. The van der Waals surface area contributed by atoms with Crippen LogP contribution in [0.15, 0.2) is 18.2 Å². The van der Waals surface area contributed by atoms with Crippen molar-refractivity contribution in [3.8, 4) is 0 Å². The Hall–Kier alpha value is -1.98. The third-order valence-corrected chi connectivity index (χ3v) is 3.58. The van der Waals surface area contributed by atoms with E-state index in [1.807, 2.05) is 0 Å². The van der Waals surface area contributed by atoms with Gasteiger partial charge in [0.25, 0.3) is 0 Å². The van der Waals surface area contributed by atoms with Crippen LogP contribution in [0.5, 0.6) is 0 Å². The molecule has 1 atom stereocenters. The van der Waals surface area contributed by atoms with Crippen LogP contribution < -0.4 is 5.32 Å². The van der Waals surface area contributed by atoms with E-state index >= 15 is 0 Å². The first-order valence-corrected chi connectivity index (χ1v) is 6.61. The summed E-state index contributed by atoms with van der Waals surface area (Å²) in [4.78, 5) is 22.9. The van der Waals surface area contributed by atoms with Crippen molar-refractivity contribution in [2.24, 2.45) is 5.92 Å². The van der Waals surface area contributed by atoms with E-state index < -0.39 is 29.0 Å². The molecule has 0 aliphatic heterocycles. The van der Waals surface area contributed by atoms with E-state index in [4.69, 9.17) is 5.11 Å². The summed E-state index contributed by atoms with van der Waals surface area (Å²) < 4.78 is 26.6. The Kier molecular flexibility index (Phi) is 5.41. The van der Waals surface area contributed by atoms with Gasteiger partial charge in [0.05, 0.1) is 12.8 Å². The van der Waals surface area contributed by atoms with Crippen molar-refractivity contribution in [1.82, 2.24) is 5.32 Å². The molecule has 116 valence electrons. The Morgan fingerprint density at radius 3 is 2.48 bits per heavy atom. The van der Waals surface area contributed by atoms with Gasteiger partial charge in [-0.25, -0.2) is 8.78 Å². The summed E-state index contributed by atoms with van der Waals surface area (Å²) in [6.07, 6.45) is -0.590. The van der Waals surface area contributed by atoms with Crippen molar-refractivity contribution < 1.29 is 23.5 Å². The fourth-order valence-corrected chi connectivity index (χ4v) is 1.92. The third kappa shape index (κ3) is 4.81. The lowest BCUT2D eigenvalue weighted by Gasteiger charge is -2.33. The fourth-order valence-electron chi connectivity index (χ4n) is 1.92. The van der Waals surface area contributed by atoms with E-state index in [1.54, 1.807) is 20.8 Å². The second-order valence-electron chi connectivity index (χ2n) is 5.60. The van der Waals surface area contributed by atoms with Gasteiger partial charge in [-0.1, -0.05) is 13.8 Å². The second-order valence-corrected chi connectivity index (χ2v) is 5.60. The largest absolute Gasteiger partial charge is 0.481 e. The predicted molar refractivity (Wildman–Crippen MR) is 73.7 cm³/mol. The van der Waals surface area contributed by atoms with E-state index in [-0.39, 0.29) is 24.3 Å². The van der Waals surface area contributed by atoms with Gasteiger partial charge in [0.1, 0.15) is 11.6 Å². The highest BCUT2D eigenvalue weighted by Crippen LogP contribution is 2.21. The quantitative estimate of drug-likeness (QED) is 0.848. The molecule has 4 nitrogen and oxygen atoms in total. The SMILES string of the molecule is CC(C)C(C)(CC(=O)O)NC(=O)Cc1cc(F)ccc1F. The Labute approximate surface area is 122 Å². The van der Waals surface area contributed by atoms with Crippen molar-refractivity contribution in [3.63, 3.8) is 0 Å². The fraction of sp³-hybridized carbons (Fsp3) is 0.467. The Morgan fingerprint density at radius 1 is 1.33 bits per heavy atom. The number of hydrogen-bond acceptors (Lipinski definition) is 2. The third-order valence-electron chi connectivity index (χ3n) is 3.58. The van der Waals surface area contributed by atoms with E-state index in [0.717, 1.165) is 18.2 Å². The van der Waals surface area contributed by atoms with Crippen molar-refractivity contribution >= 4 is 11.9 Å². The summed E-state index contributed by atoms with van der Waals surface area (Å²) in [5.41, 5.74) is -1.01. The highest BCUT2D eigenvalue weighted by atomic mass is 19.1. The second kappa shape index (κ2) is 6.65. The molecule has 0 aliphatic carbocycles. The lowest BCUT2D eigenvalue weighted by atomic mass is 9.85. The van der Waals surface area contributed by atoms with Crippen LogP contribution in [0.4, 0.5) is 8.78 Å². The number of benzene rings is 1. The lowest BCUT2D eigenvalue weighted by molar-refractivity contribution is -0.139. The molecule has 1 aromatic carbocycles. The minimum atomic E-state index is -1.04. The summed E-state index contributed by atoms with van der Waals surface area (Å²) in [5, 5.41) is 11.5. The number of nitrogens with one attached hydrogen (secondary N) is 1. The topological polar surface area (TPSA) is 66.4 Å². The molecule has 0 radical (unpaired) electrons. The number of carbonyl (C=O) groups excluding carboxylic acids is 1. The maximum absolute atomic E-state index is 13.5. The summed E-state index contributed by atoms with van der Waals surface area (Å²) >= 11 is 0. The standard InChI is InChI=1S/C15H19F2NO3/c1-9(2)15(3,8-14(20)21)18-13(19)7-10-6-11(16)4-5-12(10)17/h4-6,9H,7-8H2,1-3H3,(H,18,19)(H,20,21). The van der Waals surface area contributed by atoms with Crippen molar-refractivity contribution in [2.45, 2.75) is 39.2 Å². The zero-order chi connectivity index (χ0) is 16.2. The van der Waals surface area contributed by atoms with Crippen LogP contribution in [0.1, 0.15) is 32.8 Å². The molecule has 21 heavy (non-hydrogen) atoms. The average molecular weight is 299 g/mol. The molecule has 2 N–H and O–H groups in total. The van der Waals surface area contributed by atoms with E-state index in [1.165, 1.54) is 0 Å². The molecule has 1 aromatic rings. The molecule has 1 amide bonds. The molecule has 0 aliphatic rings. The zero-order valence-corrected chi connectivity index (χ0v) is 12.2. The average Bonchev–Trinajstić information content (AvgIpc) is 2.32. The molecule has 1 unspecified atom stereocenters. The molecule has 6 heteroatoms. The van der Waals surface area contributed by atoms with Crippen molar-refractivity contribution in [1.29, 1.82) is 0 Å². The molecule has 0 spiro atoms. The number of carbonyl (C=O) groups is 2. The molecule has 0 bridgehead atoms. The monoisotopic (exact) mass is 299 g/mol. The minimum Gasteiger partial charge on any atom is -0.481 e. The van der Waals surface area contributed by atoms with Crippen molar-refractivity contribution in [3.05, 3.63) is 35.4 Å². The summed E-state index contributed by atoms with van der Waals surface area (Å²) in [7, 11) is 0. The number of hydrogen-bond donors (Lipinski definition) is 2. The van der Waals surface area contributed by atoms with Crippen molar-refractivity contribution in [2.75, 3.05) is 0 Å². The molecule has 0 saturated carbocycles. The first-order chi connectivity index (χ1) is 9.64. The Balaban J connectivity index is 2.83. The van der Waals surface area contributed by atoms with Crippen LogP contribution in [0.25, 0.3) is 0 Å². The molecule has 0 saturated heterocycles. The highest BCUT2D eigenvalue weighted by Gasteiger charge is 2.32. The molecule has 0 heterocycles. The molecule has 1 rings (SSSR count). The molecular formula is C15H19F2NO3. The van der Waals surface area contributed by atoms with E-state index in [2.05, 4.69) is 5.32 Å². The van der Waals surface area contributed by atoms with Gasteiger partial charge in [-0.05, 0) is 31.0 Å². The van der Waals surface area contributed by atoms with Gasteiger partial charge < -0.3 is 10.4 Å². The number of halogens is 2. The highest BCUT2D eigenvalue weighted by molar-refractivity contribution is 5.80. The Morgan fingerprint density at radius 2 is 1.95 bits per heavy atom. The lowest BCUT2D eigenvalue weighted by Crippen LogP contribution is -2.51. The number of rotatable bonds is 6. The molecule has 0 fully saturated rings. The number of carboxylic acid groups (broad SMARTS) is 1. The normalized spacial score (nSPS) is 13.8. The minimum absolute atomic E-state index is 0.0612. The number of aliphatic carboxylic acids is 1. The number of amides is 1. The first kappa shape index (κ1) is 17.1. The van der Waals surface area contributed by atoms with Gasteiger partial charge in [0.2, 0.25) is 5.91 Å². The van der Waals surface area contributed by atoms with Gasteiger partial charge in [-0.15, -0.1) is 0 Å². The summed E-state index contributed by atoms with van der Waals surface area (Å²) in [6.45, 7) is 5.18. The Bertz CT molecular complexity index is 546. The van der Waals surface area contributed by atoms with E-state index in [9.17, 15) is 18.4 Å². The van der Waals surface area contributed by atoms with Gasteiger partial charge in [0, 0.05) is 11.1 Å². The van der Waals surface area contributed by atoms with Crippen LogP contribution in [-0.4, -0.2) is 22.5 Å². The maximum Gasteiger partial charge on any atom is 0.305 e. The van der Waals surface area contributed by atoms with Gasteiger partial charge in [0.15, 0.2) is 0 Å². The summed E-state index contributed by atoms with van der Waals surface area (Å²) in [6, 6.07) is 2.88.